The van der Waals surface area contributed by atoms with E-state index in [1.54, 1.807) is 13.8 Å². The zero-order valence-corrected chi connectivity index (χ0v) is 14.3. The number of amides is 1. The molecule has 1 aromatic heterocycles. The normalized spacial score (nSPS) is 11.5. The molecule has 1 amide bonds. The standard InChI is InChI=1S/C16H19N3O4S/c1-3-19(4-2)24(22,23)14-8-6-13(7-9-14)18-16(21)12-5-10-15(20)17-11-12/h5-11H,3-4H2,1-2H3,(H,17,20)(H,18,21). The topological polar surface area (TPSA) is 99.3 Å². The molecule has 2 rings (SSSR count). The number of nitrogens with one attached hydrogen (secondary N) is 2. The summed E-state index contributed by atoms with van der Waals surface area (Å²) in [5.74, 6) is -0.398. The Bertz CT molecular complexity index is 848. The fraction of sp³-hybridized carbons (Fsp3) is 0.250. The molecule has 0 spiro atoms. The van der Waals surface area contributed by atoms with E-state index < -0.39 is 15.9 Å². The predicted octanol–water partition coefficient (Wildman–Crippen LogP) is 1.66. The van der Waals surface area contributed by atoms with Crippen LogP contribution in [0.4, 0.5) is 5.69 Å². The summed E-state index contributed by atoms with van der Waals surface area (Å²) < 4.78 is 26.1. The van der Waals surface area contributed by atoms with Crippen molar-refractivity contribution < 1.29 is 13.2 Å². The van der Waals surface area contributed by atoms with Gasteiger partial charge in [0.25, 0.3) is 5.91 Å². The van der Waals surface area contributed by atoms with Crippen molar-refractivity contribution >= 4 is 21.6 Å². The average Bonchev–Trinajstić information content (AvgIpc) is 2.56. The highest BCUT2D eigenvalue weighted by atomic mass is 32.2. The molecule has 7 nitrogen and oxygen atoms in total. The molecule has 1 heterocycles. The molecule has 0 bridgehead atoms. The van der Waals surface area contributed by atoms with E-state index in [0.29, 0.717) is 24.3 Å². The van der Waals surface area contributed by atoms with Crippen LogP contribution in [0.15, 0.2) is 52.3 Å². The number of rotatable bonds is 6. The van der Waals surface area contributed by atoms with Crippen molar-refractivity contribution in [1.29, 1.82) is 0 Å². The molecule has 8 heteroatoms. The molecule has 0 saturated carbocycles. The Balaban J connectivity index is 2.16. The summed E-state index contributed by atoms with van der Waals surface area (Å²) in [6.45, 7) is 4.34. The minimum Gasteiger partial charge on any atom is -0.328 e. The monoisotopic (exact) mass is 349 g/mol. The van der Waals surface area contributed by atoms with Crippen LogP contribution in [0.5, 0.6) is 0 Å². The second-order valence-electron chi connectivity index (χ2n) is 5.01. The number of anilines is 1. The van der Waals surface area contributed by atoms with E-state index in [0.717, 1.165) is 0 Å². The third-order valence-electron chi connectivity index (χ3n) is 3.50. The van der Waals surface area contributed by atoms with Crippen molar-refractivity contribution in [2.24, 2.45) is 0 Å². The van der Waals surface area contributed by atoms with Gasteiger partial charge in [-0.1, -0.05) is 13.8 Å². The van der Waals surface area contributed by atoms with Crippen LogP contribution in [0.1, 0.15) is 24.2 Å². The molecule has 0 unspecified atom stereocenters. The lowest BCUT2D eigenvalue weighted by molar-refractivity contribution is 0.102. The average molecular weight is 349 g/mol. The van der Waals surface area contributed by atoms with Gasteiger partial charge in [-0.05, 0) is 30.3 Å². The lowest BCUT2D eigenvalue weighted by atomic mass is 10.2. The summed E-state index contributed by atoms with van der Waals surface area (Å²) in [5, 5.41) is 2.64. The van der Waals surface area contributed by atoms with E-state index in [2.05, 4.69) is 10.3 Å². The van der Waals surface area contributed by atoms with Crippen LogP contribution in [-0.2, 0) is 10.0 Å². The molecular weight excluding hydrogens is 330 g/mol. The maximum absolute atomic E-state index is 12.4. The zero-order chi connectivity index (χ0) is 17.7. The summed E-state index contributed by atoms with van der Waals surface area (Å²) >= 11 is 0. The Hall–Kier alpha value is -2.45. The number of H-pyrrole nitrogens is 1. The van der Waals surface area contributed by atoms with E-state index in [9.17, 15) is 18.0 Å². The molecule has 0 atom stereocenters. The third-order valence-corrected chi connectivity index (χ3v) is 5.57. The van der Waals surface area contributed by atoms with Crippen molar-refractivity contribution in [3.63, 3.8) is 0 Å². The molecule has 0 fully saturated rings. The summed E-state index contributed by atoms with van der Waals surface area (Å²) in [7, 11) is -3.52. The first kappa shape index (κ1) is 17.9. The molecule has 0 radical (unpaired) electrons. The Kier molecular flexibility index (Phi) is 5.53. The van der Waals surface area contributed by atoms with E-state index in [1.165, 1.54) is 46.9 Å². The van der Waals surface area contributed by atoms with E-state index >= 15 is 0 Å². The lowest BCUT2D eigenvalue weighted by Crippen LogP contribution is -2.30. The Morgan fingerprint density at radius 3 is 2.21 bits per heavy atom. The number of pyridine rings is 1. The van der Waals surface area contributed by atoms with Gasteiger partial charge in [0.05, 0.1) is 10.5 Å². The van der Waals surface area contributed by atoms with Crippen molar-refractivity contribution in [2.45, 2.75) is 18.7 Å². The van der Waals surface area contributed by atoms with Gasteiger partial charge in [0.15, 0.2) is 0 Å². The SMILES string of the molecule is CCN(CC)S(=O)(=O)c1ccc(NC(=O)c2ccc(=O)[nH]c2)cc1. The van der Waals surface area contributed by atoms with Crippen molar-refractivity contribution in [3.05, 3.63) is 58.5 Å². The molecule has 128 valence electrons. The van der Waals surface area contributed by atoms with Crippen LogP contribution in [0.25, 0.3) is 0 Å². The molecule has 2 aromatic rings. The van der Waals surface area contributed by atoms with Gasteiger partial charge in [-0.25, -0.2) is 8.42 Å². The zero-order valence-electron chi connectivity index (χ0n) is 13.4. The Labute approximate surface area is 140 Å². The maximum Gasteiger partial charge on any atom is 0.257 e. The Morgan fingerprint density at radius 2 is 1.71 bits per heavy atom. The van der Waals surface area contributed by atoms with Gasteiger partial charge in [-0.15, -0.1) is 0 Å². The van der Waals surface area contributed by atoms with Crippen LogP contribution in [0.3, 0.4) is 0 Å². The van der Waals surface area contributed by atoms with Crippen molar-refractivity contribution in [3.8, 4) is 0 Å². The summed E-state index contributed by atoms with van der Waals surface area (Å²) in [6, 6.07) is 8.63. The second kappa shape index (κ2) is 7.41. The minimum absolute atomic E-state index is 0.174. The molecule has 0 saturated heterocycles. The van der Waals surface area contributed by atoms with Crippen LogP contribution in [0, 0.1) is 0 Å². The van der Waals surface area contributed by atoms with E-state index in [1.807, 2.05) is 0 Å². The number of carbonyl (C=O) groups excluding carboxylic acids is 1. The molecule has 24 heavy (non-hydrogen) atoms. The van der Waals surface area contributed by atoms with Crippen molar-refractivity contribution in [1.82, 2.24) is 9.29 Å². The number of carbonyl (C=O) groups is 1. The van der Waals surface area contributed by atoms with Gasteiger partial charge in [-0.3, -0.25) is 9.59 Å². The second-order valence-corrected chi connectivity index (χ2v) is 6.95. The molecule has 0 aliphatic carbocycles. The number of aromatic nitrogens is 1. The van der Waals surface area contributed by atoms with Gasteiger partial charge < -0.3 is 10.3 Å². The van der Waals surface area contributed by atoms with Crippen LogP contribution >= 0.6 is 0 Å². The Morgan fingerprint density at radius 1 is 1.08 bits per heavy atom. The first-order valence-electron chi connectivity index (χ1n) is 7.48. The molecular formula is C16H19N3O4S. The van der Waals surface area contributed by atoms with Crippen LogP contribution < -0.4 is 10.9 Å². The van der Waals surface area contributed by atoms with Gasteiger partial charge in [-0.2, -0.15) is 4.31 Å². The number of hydrogen-bond donors (Lipinski definition) is 2. The van der Waals surface area contributed by atoms with Gasteiger partial charge >= 0.3 is 0 Å². The van der Waals surface area contributed by atoms with Crippen LogP contribution in [0.2, 0.25) is 0 Å². The highest BCUT2D eigenvalue weighted by Gasteiger charge is 2.21. The van der Waals surface area contributed by atoms with E-state index in [4.69, 9.17) is 0 Å². The summed E-state index contributed by atoms with van der Waals surface area (Å²) in [5.41, 5.74) is 0.469. The molecule has 2 N–H and O–H groups in total. The summed E-state index contributed by atoms with van der Waals surface area (Å²) in [6.07, 6.45) is 1.32. The van der Waals surface area contributed by atoms with Gasteiger partial charge in [0.2, 0.25) is 15.6 Å². The van der Waals surface area contributed by atoms with Gasteiger partial charge in [0, 0.05) is 31.0 Å². The number of aromatic amines is 1. The molecule has 0 aliphatic rings. The first-order chi connectivity index (χ1) is 11.4. The van der Waals surface area contributed by atoms with E-state index in [-0.39, 0.29) is 10.5 Å². The number of benzene rings is 1. The first-order valence-corrected chi connectivity index (χ1v) is 8.92. The van der Waals surface area contributed by atoms with Crippen LogP contribution in [-0.4, -0.2) is 36.7 Å². The molecule has 1 aromatic carbocycles. The van der Waals surface area contributed by atoms with Crippen molar-refractivity contribution in [2.75, 3.05) is 18.4 Å². The molecule has 0 aliphatic heterocycles. The summed E-state index contributed by atoms with van der Waals surface area (Å²) in [4.78, 5) is 25.6. The fourth-order valence-corrected chi connectivity index (χ4v) is 3.64. The lowest BCUT2D eigenvalue weighted by Gasteiger charge is -2.18. The highest BCUT2D eigenvalue weighted by molar-refractivity contribution is 7.89. The number of nitrogens with zero attached hydrogens (tertiary/aromatic N) is 1. The quantitative estimate of drug-likeness (QED) is 0.828. The third kappa shape index (κ3) is 3.90. The van der Waals surface area contributed by atoms with Gasteiger partial charge in [0.1, 0.15) is 0 Å². The predicted molar refractivity (Wildman–Crippen MR) is 91.6 cm³/mol. The number of sulfonamides is 1. The largest absolute Gasteiger partial charge is 0.328 e. The fourth-order valence-electron chi connectivity index (χ4n) is 2.18. The highest BCUT2D eigenvalue weighted by Crippen LogP contribution is 2.18. The smallest absolute Gasteiger partial charge is 0.257 e. The minimum atomic E-state index is -3.52. The maximum atomic E-state index is 12.4. The number of hydrogen-bond acceptors (Lipinski definition) is 4.